The average Bonchev–Trinajstić information content (AvgIpc) is 2.60. The van der Waals surface area contributed by atoms with E-state index in [9.17, 15) is 14.4 Å². The Kier molecular flexibility index (Phi) is 7.12. The molecule has 0 bridgehead atoms. The fraction of sp³-hybridized carbons (Fsp3) is 0.250. The van der Waals surface area contributed by atoms with Crippen LogP contribution in [0, 0.1) is 6.92 Å². The SMILES string of the molecule is Cc1cccc(CN(C(=O)c2ccc(Br)cc2)[C@@H](CCC(=O)O)C(N)=O)c1. The molecule has 27 heavy (non-hydrogen) atoms. The number of aliphatic carboxylic acids is 1. The van der Waals surface area contributed by atoms with Gasteiger partial charge in [0.1, 0.15) is 6.04 Å². The van der Waals surface area contributed by atoms with E-state index in [2.05, 4.69) is 15.9 Å². The molecule has 2 aromatic rings. The molecule has 3 N–H and O–H groups in total. The molecule has 142 valence electrons. The van der Waals surface area contributed by atoms with Crippen LogP contribution < -0.4 is 5.73 Å². The van der Waals surface area contributed by atoms with Crippen molar-refractivity contribution in [2.45, 2.75) is 32.4 Å². The van der Waals surface area contributed by atoms with Crippen LogP contribution in [0.4, 0.5) is 0 Å². The summed E-state index contributed by atoms with van der Waals surface area (Å²) in [5, 5.41) is 8.98. The normalized spacial score (nSPS) is 11.6. The van der Waals surface area contributed by atoms with Gasteiger partial charge in [0.15, 0.2) is 0 Å². The van der Waals surface area contributed by atoms with Crippen molar-refractivity contribution in [3.63, 3.8) is 0 Å². The molecule has 0 aliphatic carbocycles. The van der Waals surface area contributed by atoms with Gasteiger partial charge in [0.05, 0.1) is 0 Å². The van der Waals surface area contributed by atoms with Gasteiger partial charge in [-0.2, -0.15) is 0 Å². The molecule has 0 aliphatic heterocycles. The number of hydrogen-bond donors (Lipinski definition) is 2. The summed E-state index contributed by atoms with van der Waals surface area (Å²) in [7, 11) is 0. The highest BCUT2D eigenvalue weighted by Crippen LogP contribution is 2.19. The minimum atomic E-state index is -1.05. The second kappa shape index (κ2) is 9.32. The molecule has 7 heteroatoms. The van der Waals surface area contributed by atoms with Gasteiger partial charge in [0.25, 0.3) is 5.91 Å². The van der Waals surface area contributed by atoms with Gasteiger partial charge in [-0.1, -0.05) is 45.8 Å². The molecule has 0 unspecified atom stereocenters. The van der Waals surface area contributed by atoms with Crippen LogP contribution in [0.2, 0.25) is 0 Å². The number of rotatable bonds is 8. The zero-order valence-electron chi connectivity index (χ0n) is 14.9. The van der Waals surface area contributed by atoms with E-state index in [4.69, 9.17) is 10.8 Å². The highest BCUT2D eigenvalue weighted by molar-refractivity contribution is 9.10. The van der Waals surface area contributed by atoms with Crippen molar-refractivity contribution in [1.82, 2.24) is 4.90 Å². The summed E-state index contributed by atoms with van der Waals surface area (Å²) in [5.74, 6) is -2.15. The maximum Gasteiger partial charge on any atom is 0.303 e. The summed E-state index contributed by atoms with van der Waals surface area (Å²) < 4.78 is 0.821. The van der Waals surface area contributed by atoms with Gasteiger partial charge in [0, 0.05) is 23.0 Å². The quantitative estimate of drug-likeness (QED) is 0.668. The third kappa shape index (κ3) is 5.92. The number of aryl methyl sites for hydroxylation is 1. The molecule has 0 fully saturated rings. The first kappa shape index (κ1) is 20.6. The second-order valence-corrected chi connectivity index (χ2v) is 7.20. The van der Waals surface area contributed by atoms with Crippen LogP contribution in [0.1, 0.15) is 34.3 Å². The van der Waals surface area contributed by atoms with E-state index in [1.165, 1.54) is 4.90 Å². The maximum atomic E-state index is 13.1. The number of carboxylic acid groups (broad SMARTS) is 1. The molecule has 0 heterocycles. The van der Waals surface area contributed by atoms with Crippen molar-refractivity contribution in [2.75, 3.05) is 0 Å². The van der Waals surface area contributed by atoms with Crippen molar-refractivity contribution < 1.29 is 19.5 Å². The largest absolute Gasteiger partial charge is 0.481 e. The minimum absolute atomic E-state index is 0.0429. The van der Waals surface area contributed by atoms with Crippen LogP contribution in [0.15, 0.2) is 53.0 Å². The minimum Gasteiger partial charge on any atom is -0.481 e. The van der Waals surface area contributed by atoms with E-state index in [1.807, 2.05) is 31.2 Å². The summed E-state index contributed by atoms with van der Waals surface area (Å²) in [4.78, 5) is 37.4. The maximum absolute atomic E-state index is 13.1. The zero-order chi connectivity index (χ0) is 20.0. The predicted molar refractivity (Wildman–Crippen MR) is 105 cm³/mol. The van der Waals surface area contributed by atoms with Gasteiger partial charge < -0.3 is 15.7 Å². The summed E-state index contributed by atoms with van der Waals surface area (Å²) in [5.41, 5.74) is 7.76. The lowest BCUT2D eigenvalue weighted by Gasteiger charge is -2.30. The molecule has 0 aromatic heterocycles. The van der Waals surface area contributed by atoms with Crippen LogP contribution in [0.25, 0.3) is 0 Å². The number of nitrogens with zero attached hydrogens (tertiary/aromatic N) is 1. The number of nitrogens with two attached hydrogens (primary N) is 1. The Morgan fingerprint density at radius 2 is 1.81 bits per heavy atom. The van der Waals surface area contributed by atoms with Crippen molar-refractivity contribution in [1.29, 1.82) is 0 Å². The molecule has 2 aromatic carbocycles. The van der Waals surface area contributed by atoms with Crippen LogP contribution in [-0.2, 0) is 16.1 Å². The van der Waals surface area contributed by atoms with Crippen molar-refractivity contribution in [3.8, 4) is 0 Å². The van der Waals surface area contributed by atoms with Crippen LogP contribution in [0.5, 0.6) is 0 Å². The van der Waals surface area contributed by atoms with E-state index in [1.54, 1.807) is 24.3 Å². The summed E-state index contributed by atoms with van der Waals surface area (Å²) in [6, 6.07) is 13.3. The van der Waals surface area contributed by atoms with Crippen molar-refractivity contribution >= 4 is 33.7 Å². The third-order valence-electron chi connectivity index (χ3n) is 4.12. The Balaban J connectivity index is 2.38. The van der Waals surface area contributed by atoms with Crippen LogP contribution in [-0.4, -0.2) is 33.8 Å². The van der Waals surface area contributed by atoms with Gasteiger partial charge in [-0.15, -0.1) is 0 Å². The molecular weight excluding hydrogens is 412 g/mol. The van der Waals surface area contributed by atoms with Gasteiger partial charge in [0.2, 0.25) is 5.91 Å². The Labute approximate surface area is 166 Å². The first-order valence-electron chi connectivity index (χ1n) is 8.41. The number of carboxylic acids is 1. The predicted octanol–water partition coefficient (Wildman–Crippen LogP) is 3.12. The Bertz CT molecular complexity index is 836. The van der Waals surface area contributed by atoms with Gasteiger partial charge >= 0.3 is 5.97 Å². The van der Waals surface area contributed by atoms with E-state index in [0.717, 1.165) is 15.6 Å². The van der Waals surface area contributed by atoms with E-state index in [0.29, 0.717) is 5.56 Å². The zero-order valence-corrected chi connectivity index (χ0v) is 16.5. The van der Waals surface area contributed by atoms with Crippen LogP contribution in [0.3, 0.4) is 0 Å². The molecule has 0 saturated heterocycles. The lowest BCUT2D eigenvalue weighted by Crippen LogP contribution is -2.47. The van der Waals surface area contributed by atoms with E-state index < -0.39 is 17.9 Å². The van der Waals surface area contributed by atoms with Crippen molar-refractivity contribution in [2.24, 2.45) is 5.73 Å². The smallest absolute Gasteiger partial charge is 0.303 e. The van der Waals surface area contributed by atoms with E-state index in [-0.39, 0.29) is 25.3 Å². The lowest BCUT2D eigenvalue weighted by molar-refractivity contribution is -0.137. The highest BCUT2D eigenvalue weighted by Gasteiger charge is 2.29. The molecule has 2 amide bonds. The monoisotopic (exact) mass is 432 g/mol. The lowest BCUT2D eigenvalue weighted by atomic mass is 10.0. The Morgan fingerprint density at radius 1 is 1.15 bits per heavy atom. The molecule has 0 spiro atoms. The number of primary amides is 1. The molecular formula is C20H21BrN2O4. The first-order chi connectivity index (χ1) is 12.8. The first-order valence-corrected chi connectivity index (χ1v) is 9.20. The average molecular weight is 433 g/mol. The molecule has 6 nitrogen and oxygen atoms in total. The highest BCUT2D eigenvalue weighted by atomic mass is 79.9. The van der Waals surface area contributed by atoms with E-state index >= 15 is 0 Å². The molecule has 0 saturated carbocycles. The number of amides is 2. The molecule has 2 rings (SSSR count). The summed E-state index contributed by atoms with van der Waals surface area (Å²) in [6.07, 6.45) is -0.301. The number of carbonyl (C=O) groups is 3. The fourth-order valence-electron chi connectivity index (χ4n) is 2.80. The van der Waals surface area contributed by atoms with Gasteiger partial charge in [-0.3, -0.25) is 14.4 Å². The number of hydrogen-bond acceptors (Lipinski definition) is 3. The molecule has 0 radical (unpaired) electrons. The topological polar surface area (TPSA) is 101 Å². The number of halogens is 1. The summed E-state index contributed by atoms with van der Waals surface area (Å²) >= 11 is 3.32. The van der Waals surface area contributed by atoms with Gasteiger partial charge in [-0.25, -0.2) is 0 Å². The Hall–Kier alpha value is -2.67. The fourth-order valence-corrected chi connectivity index (χ4v) is 3.07. The molecule has 0 aliphatic rings. The standard InChI is InChI=1S/C20H21BrN2O4/c1-13-3-2-4-14(11-13)12-23(17(19(22)26)9-10-18(24)25)20(27)15-5-7-16(21)8-6-15/h2-8,11,17H,9-10,12H2,1H3,(H2,22,26)(H,24,25)/t17-/m0/s1. The number of carbonyl (C=O) groups excluding carboxylic acids is 2. The van der Waals surface area contributed by atoms with Crippen molar-refractivity contribution in [3.05, 3.63) is 69.7 Å². The van der Waals surface area contributed by atoms with Crippen LogP contribution >= 0.6 is 15.9 Å². The molecule has 1 atom stereocenters. The van der Waals surface area contributed by atoms with Gasteiger partial charge in [-0.05, 0) is 43.2 Å². The number of benzene rings is 2. The Morgan fingerprint density at radius 3 is 2.37 bits per heavy atom. The second-order valence-electron chi connectivity index (χ2n) is 6.28. The third-order valence-corrected chi connectivity index (χ3v) is 4.65. The summed E-state index contributed by atoms with van der Waals surface area (Å²) in [6.45, 7) is 2.09.